The predicted octanol–water partition coefficient (Wildman–Crippen LogP) is 2.12. The van der Waals surface area contributed by atoms with Gasteiger partial charge in [-0.15, -0.1) is 0 Å². The number of aromatic nitrogens is 1. The molecule has 1 aromatic heterocycles. The number of hydrogen-bond donors (Lipinski definition) is 2. The molecule has 0 fully saturated rings. The van der Waals surface area contributed by atoms with Crippen LogP contribution in [0.25, 0.3) is 11.3 Å². The number of amides is 1. The molecule has 0 radical (unpaired) electrons. The first-order chi connectivity index (χ1) is 9.38. The molecule has 1 heterocycles. The van der Waals surface area contributed by atoms with Gasteiger partial charge in [-0.2, -0.15) is 0 Å². The lowest BCUT2D eigenvalue weighted by Gasteiger charge is -2.18. The van der Waals surface area contributed by atoms with Crippen molar-refractivity contribution in [3.63, 3.8) is 0 Å². The van der Waals surface area contributed by atoms with Crippen LogP contribution in [-0.4, -0.2) is 23.1 Å². The SMILES string of the molecule is Cc1onc(-c2ccccc2)c1C(=O)NCC(C)(C)N. The first-order valence-electron chi connectivity index (χ1n) is 6.47. The number of nitrogens with two attached hydrogens (primary N) is 1. The van der Waals surface area contributed by atoms with E-state index in [1.807, 2.05) is 44.2 Å². The number of rotatable bonds is 4. The highest BCUT2D eigenvalue weighted by Crippen LogP contribution is 2.24. The number of nitrogens with one attached hydrogen (secondary N) is 1. The maximum atomic E-state index is 12.3. The fourth-order valence-electron chi connectivity index (χ4n) is 1.83. The Labute approximate surface area is 118 Å². The highest BCUT2D eigenvalue weighted by molar-refractivity contribution is 6.00. The van der Waals surface area contributed by atoms with E-state index in [4.69, 9.17) is 10.3 Å². The van der Waals surface area contributed by atoms with Crippen molar-refractivity contribution in [2.45, 2.75) is 26.3 Å². The molecule has 2 aromatic rings. The minimum absolute atomic E-state index is 0.221. The Morgan fingerprint density at radius 3 is 2.60 bits per heavy atom. The van der Waals surface area contributed by atoms with E-state index in [1.54, 1.807) is 6.92 Å². The number of aryl methyl sites for hydroxylation is 1. The normalized spacial score (nSPS) is 11.4. The summed E-state index contributed by atoms with van der Waals surface area (Å²) in [6, 6.07) is 9.48. The van der Waals surface area contributed by atoms with Gasteiger partial charge in [0.05, 0.1) is 0 Å². The minimum atomic E-state index is -0.465. The summed E-state index contributed by atoms with van der Waals surface area (Å²) in [7, 11) is 0. The molecular weight excluding hydrogens is 254 g/mol. The Balaban J connectivity index is 2.28. The van der Waals surface area contributed by atoms with Crippen LogP contribution in [-0.2, 0) is 0 Å². The average molecular weight is 273 g/mol. The van der Waals surface area contributed by atoms with Crippen molar-refractivity contribution in [2.24, 2.45) is 5.73 Å². The Morgan fingerprint density at radius 1 is 1.35 bits per heavy atom. The Hall–Kier alpha value is -2.14. The molecule has 5 nitrogen and oxygen atoms in total. The lowest BCUT2D eigenvalue weighted by atomic mass is 10.0. The van der Waals surface area contributed by atoms with Gasteiger partial charge in [0.15, 0.2) is 0 Å². The van der Waals surface area contributed by atoms with Crippen LogP contribution in [0.1, 0.15) is 30.0 Å². The van der Waals surface area contributed by atoms with Gasteiger partial charge < -0.3 is 15.6 Å². The van der Waals surface area contributed by atoms with E-state index < -0.39 is 5.54 Å². The van der Waals surface area contributed by atoms with Gasteiger partial charge in [0.2, 0.25) is 0 Å². The Morgan fingerprint density at radius 2 is 2.00 bits per heavy atom. The van der Waals surface area contributed by atoms with Gasteiger partial charge in [-0.05, 0) is 20.8 Å². The smallest absolute Gasteiger partial charge is 0.257 e. The number of carbonyl (C=O) groups excluding carboxylic acids is 1. The lowest BCUT2D eigenvalue weighted by Crippen LogP contribution is -2.45. The van der Waals surface area contributed by atoms with Crippen LogP contribution in [0.15, 0.2) is 34.9 Å². The Bertz CT molecular complexity index is 597. The largest absolute Gasteiger partial charge is 0.360 e. The summed E-state index contributed by atoms with van der Waals surface area (Å²) in [5.74, 6) is 0.275. The zero-order chi connectivity index (χ0) is 14.8. The topological polar surface area (TPSA) is 81.2 Å². The standard InChI is InChI=1S/C15H19N3O2/c1-10-12(14(19)17-9-15(2,3)16)13(18-20-10)11-7-5-4-6-8-11/h4-8H,9,16H2,1-3H3,(H,17,19). The minimum Gasteiger partial charge on any atom is -0.360 e. The second-order valence-electron chi connectivity index (χ2n) is 5.50. The molecule has 0 aliphatic heterocycles. The van der Waals surface area contributed by atoms with Crippen molar-refractivity contribution in [2.75, 3.05) is 6.54 Å². The molecule has 2 rings (SSSR count). The molecule has 0 bridgehead atoms. The second-order valence-corrected chi connectivity index (χ2v) is 5.50. The van der Waals surface area contributed by atoms with E-state index in [0.717, 1.165) is 5.56 Å². The first-order valence-corrected chi connectivity index (χ1v) is 6.47. The van der Waals surface area contributed by atoms with Crippen molar-refractivity contribution in [3.05, 3.63) is 41.7 Å². The average Bonchev–Trinajstić information content (AvgIpc) is 2.78. The van der Waals surface area contributed by atoms with E-state index in [-0.39, 0.29) is 5.91 Å². The van der Waals surface area contributed by atoms with Crippen molar-refractivity contribution >= 4 is 5.91 Å². The number of hydrogen-bond acceptors (Lipinski definition) is 4. The predicted molar refractivity (Wildman–Crippen MR) is 77.3 cm³/mol. The van der Waals surface area contributed by atoms with Gasteiger partial charge in [-0.3, -0.25) is 4.79 Å². The van der Waals surface area contributed by atoms with Crippen LogP contribution < -0.4 is 11.1 Å². The summed E-state index contributed by atoms with van der Waals surface area (Å²) in [4.78, 5) is 12.3. The first kappa shape index (κ1) is 14.3. The Kier molecular flexibility index (Phi) is 3.90. The highest BCUT2D eigenvalue weighted by atomic mass is 16.5. The molecule has 5 heteroatoms. The molecule has 1 aromatic carbocycles. The fourth-order valence-corrected chi connectivity index (χ4v) is 1.83. The summed E-state index contributed by atoms with van der Waals surface area (Å²) >= 11 is 0. The van der Waals surface area contributed by atoms with Gasteiger partial charge in [0.1, 0.15) is 17.0 Å². The third kappa shape index (κ3) is 3.24. The summed E-state index contributed by atoms with van der Waals surface area (Å²) in [6.45, 7) is 5.81. The van der Waals surface area contributed by atoms with Crippen LogP contribution in [0.5, 0.6) is 0 Å². The zero-order valence-corrected chi connectivity index (χ0v) is 11.9. The summed E-state index contributed by atoms with van der Waals surface area (Å²) in [5, 5.41) is 6.80. The fraction of sp³-hybridized carbons (Fsp3) is 0.333. The molecule has 0 saturated carbocycles. The molecule has 0 saturated heterocycles. The summed E-state index contributed by atoms with van der Waals surface area (Å²) < 4.78 is 5.16. The molecule has 0 spiro atoms. The van der Waals surface area contributed by atoms with E-state index in [2.05, 4.69) is 10.5 Å². The van der Waals surface area contributed by atoms with Gasteiger partial charge in [-0.1, -0.05) is 35.5 Å². The monoisotopic (exact) mass is 273 g/mol. The highest BCUT2D eigenvalue weighted by Gasteiger charge is 2.22. The van der Waals surface area contributed by atoms with E-state index >= 15 is 0 Å². The van der Waals surface area contributed by atoms with E-state index in [0.29, 0.717) is 23.6 Å². The molecule has 106 valence electrons. The molecular formula is C15H19N3O2. The molecule has 1 amide bonds. The summed E-state index contributed by atoms with van der Waals surface area (Å²) in [5.41, 5.74) is 7.26. The summed E-state index contributed by atoms with van der Waals surface area (Å²) in [6.07, 6.45) is 0. The number of carbonyl (C=O) groups is 1. The third-order valence-electron chi connectivity index (χ3n) is 2.84. The molecule has 0 aliphatic carbocycles. The maximum absolute atomic E-state index is 12.3. The van der Waals surface area contributed by atoms with Crippen molar-refractivity contribution in [1.82, 2.24) is 10.5 Å². The number of nitrogens with zero attached hydrogens (tertiary/aromatic N) is 1. The van der Waals surface area contributed by atoms with Crippen molar-refractivity contribution in [3.8, 4) is 11.3 Å². The second kappa shape index (κ2) is 5.46. The molecule has 0 atom stereocenters. The molecule has 20 heavy (non-hydrogen) atoms. The van der Waals surface area contributed by atoms with Gasteiger partial charge in [0, 0.05) is 17.6 Å². The van der Waals surface area contributed by atoms with E-state index in [1.165, 1.54) is 0 Å². The van der Waals surface area contributed by atoms with E-state index in [9.17, 15) is 4.79 Å². The van der Waals surface area contributed by atoms with Crippen LogP contribution in [0.2, 0.25) is 0 Å². The molecule has 3 N–H and O–H groups in total. The maximum Gasteiger partial charge on any atom is 0.257 e. The van der Waals surface area contributed by atoms with Crippen LogP contribution in [0.3, 0.4) is 0 Å². The van der Waals surface area contributed by atoms with Crippen molar-refractivity contribution < 1.29 is 9.32 Å². The van der Waals surface area contributed by atoms with Crippen LogP contribution >= 0.6 is 0 Å². The molecule has 0 unspecified atom stereocenters. The number of benzene rings is 1. The third-order valence-corrected chi connectivity index (χ3v) is 2.84. The molecule has 0 aliphatic rings. The van der Waals surface area contributed by atoms with Crippen LogP contribution in [0.4, 0.5) is 0 Å². The zero-order valence-electron chi connectivity index (χ0n) is 11.9. The van der Waals surface area contributed by atoms with Crippen molar-refractivity contribution in [1.29, 1.82) is 0 Å². The lowest BCUT2D eigenvalue weighted by molar-refractivity contribution is 0.0945. The van der Waals surface area contributed by atoms with Gasteiger partial charge in [-0.25, -0.2) is 0 Å². The van der Waals surface area contributed by atoms with Crippen LogP contribution in [0, 0.1) is 6.92 Å². The van der Waals surface area contributed by atoms with Gasteiger partial charge in [0.25, 0.3) is 5.91 Å². The quantitative estimate of drug-likeness (QED) is 0.894. The van der Waals surface area contributed by atoms with Gasteiger partial charge >= 0.3 is 0 Å².